The number of ether oxygens (including phenoxy) is 1. The van der Waals surface area contributed by atoms with Gasteiger partial charge in [0, 0.05) is 24.4 Å². The summed E-state index contributed by atoms with van der Waals surface area (Å²) in [5, 5.41) is 16.5. The Labute approximate surface area is 162 Å². The molecule has 0 fully saturated rings. The van der Waals surface area contributed by atoms with Crippen LogP contribution < -0.4 is 15.5 Å². The molecule has 1 aromatic heterocycles. The number of carbonyl (C=O) groups is 1. The third-order valence-electron chi connectivity index (χ3n) is 4.09. The van der Waals surface area contributed by atoms with E-state index >= 15 is 0 Å². The summed E-state index contributed by atoms with van der Waals surface area (Å²) < 4.78 is 5.27. The summed E-state index contributed by atoms with van der Waals surface area (Å²) in [5.41, 5.74) is 5.51. The number of para-hydroxylation sites is 1. The number of anilines is 1. The summed E-state index contributed by atoms with van der Waals surface area (Å²) in [6.07, 6.45) is 3.32. The van der Waals surface area contributed by atoms with Crippen LogP contribution in [0.5, 0.6) is 11.5 Å². The Morgan fingerprint density at radius 3 is 2.64 bits per heavy atom. The SMILES string of the molecule is CNC(=O)c1cc(-c2ccc(N/N=C/c3ccccc3OC)nc2)ccc1O. The molecular formula is C21H20N4O3. The largest absolute Gasteiger partial charge is 0.507 e. The first-order chi connectivity index (χ1) is 13.6. The van der Waals surface area contributed by atoms with Crippen LogP contribution in [0, 0.1) is 0 Å². The Morgan fingerprint density at radius 2 is 1.93 bits per heavy atom. The Morgan fingerprint density at radius 1 is 1.14 bits per heavy atom. The number of amides is 1. The van der Waals surface area contributed by atoms with Crippen molar-refractivity contribution in [3.8, 4) is 22.6 Å². The first-order valence-electron chi connectivity index (χ1n) is 8.56. The highest BCUT2D eigenvalue weighted by molar-refractivity contribution is 5.97. The van der Waals surface area contributed by atoms with Gasteiger partial charge in [-0.3, -0.25) is 10.2 Å². The molecule has 0 radical (unpaired) electrons. The number of methoxy groups -OCH3 is 1. The van der Waals surface area contributed by atoms with Gasteiger partial charge in [0.05, 0.1) is 18.9 Å². The maximum absolute atomic E-state index is 11.8. The zero-order valence-electron chi connectivity index (χ0n) is 15.5. The Hall–Kier alpha value is -3.87. The monoisotopic (exact) mass is 376 g/mol. The highest BCUT2D eigenvalue weighted by Gasteiger charge is 2.11. The number of aromatic hydroxyl groups is 1. The summed E-state index contributed by atoms with van der Waals surface area (Å²) in [4.78, 5) is 16.2. The number of rotatable bonds is 6. The summed E-state index contributed by atoms with van der Waals surface area (Å²) in [6, 6.07) is 16.0. The molecule has 0 atom stereocenters. The molecule has 0 saturated heterocycles. The fourth-order valence-corrected chi connectivity index (χ4v) is 2.60. The minimum Gasteiger partial charge on any atom is -0.507 e. The highest BCUT2D eigenvalue weighted by Crippen LogP contribution is 2.26. The lowest BCUT2D eigenvalue weighted by Gasteiger charge is -2.08. The van der Waals surface area contributed by atoms with Crippen LogP contribution >= 0.6 is 0 Å². The number of pyridine rings is 1. The topological polar surface area (TPSA) is 95.8 Å². The average Bonchev–Trinajstić information content (AvgIpc) is 2.74. The maximum Gasteiger partial charge on any atom is 0.254 e. The molecule has 3 rings (SSSR count). The second kappa shape index (κ2) is 8.68. The molecule has 1 heterocycles. The fourth-order valence-electron chi connectivity index (χ4n) is 2.60. The van der Waals surface area contributed by atoms with Gasteiger partial charge in [-0.15, -0.1) is 0 Å². The van der Waals surface area contributed by atoms with E-state index in [1.165, 1.54) is 13.1 Å². The van der Waals surface area contributed by atoms with E-state index in [1.54, 1.807) is 37.7 Å². The number of nitrogens with one attached hydrogen (secondary N) is 2. The summed E-state index contributed by atoms with van der Waals surface area (Å²) in [6.45, 7) is 0. The van der Waals surface area contributed by atoms with Crippen LogP contribution in [0.3, 0.4) is 0 Å². The fraction of sp³-hybridized carbons (Fsp3) is 0.0952. The van der Waals surface area contributed by atoms with Crippen LogP contribution in [-0.4, -0.2) is 36.4 Å². The molecule has 2 aromatic carbocycles. The molecule has 0 aliphatic heterocycles. The molecular weight excluding hydrogens is 356 g/mol. The lowest BCUT2D eigenvalue weighted by atomic mass is 10.0. The van der Waals surface area contributed by atoms with E-state index in [1.807, 2.05) is 30.3 Å². The van der Waals surface area contributed by atoms with Crippen molar-refractivity contribution >= 4 is 17.9 Å². The van der Waals surface area contributed by atoms with E-state index < -0.39 is 0 Å². The molecule has 1 amide bonds. The number of hydrogen-bond acceptors (Lipinski definition) is 6. The van der Waals surface area contributed by atoms with Gasteiger partial charge in [-0.1, -0.05) is 18.2 Å². The third-order valence-corrected chi connectivity index (χ3v) is 4.09. The molecule has 28 heavy (non-hydrogen) atoms. The minimum atomic E-state index is -0.351. The molecule has 3 N–H and O–H groups in total. The van der Waals surface area contributed by atoms with Crippen LogP contribution in [-0.2, 0) is 0 Å². The van der Waals surface area contributed by atoms with E-state index in [0.29, 0.717) is 5.82 Å². The van der Waals surface area contributed by atoms with Gasteiger partial charge in [0.25, 0.3) is 5.91 Å². The number of benzene rings is 2. The normalized spacial score (nSPS) is 10.6. The van der Waals surface area contributed by atoms with Gasteiger partial charge in [0.1, 0.15) is 17.3 Å². The zero-order valence-corrected chi connectivity index (χ0v) is 15.5. The van der Waals surface area contributed by atoms with Crippen molar-refractivity contribution in [3.63, 3.8) is 0 Å². The third kappa shape index (κ3) is 4.27. The van der Waals surface area contributed by atoms with Crippen molar-refractivity contribution in [3.05, 3.63) is 71.9 Å². The van der Waals surface area contributed by atoms with E-state index in [4.69, 9.17) is 4.74 Å². The van der Waals surface area contributed by atoms with E-state index in [2.05, 4.69) is 20.8 Å². The van der Waals surface area contributed by atoms with Gasteiger partial charge >= 0.3 is 0 Å². The highest BCUT2D eigenvalue weighted by atomic mass is 16.5. The number of phenolic OH excluding ortho intramolecular Hbond substituents is 1. The van der Waals surface area contributed by atoms with Crippen molar-refractivity contribution in [2.24, 2.45) is 5.10 Å². The number of nitrogens with zero attached hydrogens (tertiary/aromatic N) is 2. The molecule has 7 nitrogen and oxygen atoms in total. The van der Waals surface area contributed by atoms with Crippen molar-refractivity contribution in [2.75, 3.05) is 19.6 Å². The minimum absolute atomic E-state index is 0.0694. The lowest BCUT2D eigenvalue weighted by molar-refractivity contribution is 0.0960. The van der Waals surface area contributed by atoms with Gasteiger partial charge in [0.2, 0.25) is 0 Å². The molecule has 0 spiro atoms. The molecule has 0 bridgehead atoms. The van der Waals surface area contributed by atoms with Gasteiger partial charge in [0.15, 0.2) is 0 Å². The van der Waals surface area contributed by atoms with E-state index in [0.717, 1.165) is 22.4 Å². The zero-order chi connectivity index (χ0) is 19.9. The Balaban J connectivity index is 1.73. The first kappa shape index (κ1) is 18.9. The number of aromatic nitrogens is 1. The standard InChI is InChI=1S/C21H20N4O3/c1-22-21(27)17-11-14(7-9-18(17)26)15-8-10-20(23-12-15)25-24-13-16-5-3-4-6-19(16)28-2/h3-13,26H,1-2H3,(H,22,27)(H,23,25)/b24-13+. The van der Waals surface area contributed by atoms with Gasteiger partial charge in [-0.25, -0.2) is 4.98 Å². The molecule has 0 aliphatic carbocycles. The first-order valence-corrected chi connectivity index (χ1v) is 8.56. The predicted octanol–water partition coefficient (Wildman–Crippen LogP) is 3.27. The van der Waals surface area contributed by atoms with Gasteiger partial charge < -0.3 is 15.2 Å². The van der Waals surface area contributed by atoms with Crippen LogP contribution in [0.1, 0.15) is 15.9 Å². The number of hydrazone groups is 1. The average molecular weight is 376 g/mol. The quantitative estimate of drug-likeness (QED) is 0.453. The molecule has 142 valence electrons. The second-order valence-electron chi connectivity index (χ2n) is 5.86. The molecule has 0 aliphatic rings. The van der Waals surface area contributed by atoms with Crippen LogP contribution in [0.15, 0.2) is 65.9 Å². The lowest BCUT2D eigenvalue weighted by Crippen LogP contribution is -2.17. The van der Waals surface area contributed by atoms with Crippen molar-refractivity contribution in [1.29, 1.82) is 0 Å². The van der Waals surface area contributed by atoms with Crippen LogP contribution in [0.4, 0.5) is 5.82 Å². The summed E-state index contributed by atoms with van der Waals surface area (Å²) in [7, 11) is 3.13. The Kier molecular flexibility index (Phi) is 5.86. The van der Waals surface area contributed by atoms with Crippen LogP contribution in [0.25, 0.3) is 11.1 Å². The number of hydrogen-bond donors (Lipinski definition) is 3. The smallest absolute Gasteiger partial charge is 0.254 e. The van der Waals surface area contributed by atoms with E-state index in [9.17, 15) is 9.90 Å². The summed E-state index contributed by atoms with van der Waals surface area (Å²) >= 11 is 0. The van der Waals surface area contributed by atoms with E-state index in [-0.39, 0.29) is 17.2 Å². The Bertz CT molecular complexity index is 1000. The van der Waals surface area contributed by atoms with Crippen molar-refractivity contribution in [1.82, 2.24) is 10.3 Å². The summed E-state index contributed by atoms with van der Waals surface area (Å²) in [5.74, 6) is 0.882. The van der Waals surface area contributed by atoms with Crippen molar-refractivity contribution in [2.45, 2.75) is 0 Å². The van der Waals surface area contributed by atoms with Gasteiger partial charge in [-0.2, -0.15) is 5.10 Å². The van der Waals surface area contributed by atoms with Crippen LogP contribution in [0.2, 0.25) is 0 Å². The predicted molar refractivity (Wildman–Crippen MR) is 109 cm³/mol. The molecule has 3 aromatic rings. The molecule has 7 heteroatoms. The van der Waals surface area contributed by atoms with Gasteiger partial charge in [-0.05, 0) is 42.0 Å². The second-order valence-corrected chi connectivity index (χ2v) is 5.86. The number of phenols is 1. The molecule has 0 saturated carbocycles. The molecule has 0 unspecified atom stereocenters. The maximum atomic E-state index is 11.8. The van der Waals surface area contributed by atoms with Crippen molar-refractivity contribution < 1.29 is 14.6 Å². The number of carbonyl (C=O) groups excluding carboxylic acids is 1.